The van der Waals surface area contributed by atoms with Crippen LogP contribution in [0, 0.1) is 0 Å². The summed E-state index contributed by atoms with van der Waals surface area (Å²) in [5.74, 6) is 0. The molecule has 0 bridgehead atoms. The molecule has 0 radical (unpaired) electrons. The standard InChI is InChI=1S/C30H23Cl2F4N5/c31-21-9-13-27(25(32)16-21)41-29-23-12-6-18(3-2-14-33)15-19(23)4-1-5-24(29)28(38-41)26-17-40(39-37-26)22-10-7-20(8-11-22)30(34,35)36/h6-13,15-17H,1-5,14H2. The molecule has 0 atom stereocenters. The summed E-state index contributed by atoms with van der Waals surface area (Å²) >= 11 is 12.8. The monoisotopic (exact) mass is 599 g/mol. The molecule has 0 unspecified atom stereocenters. The molecule has 0 N–H and O–H groups in total. The van der Waals surface area contributed by atoms with Crippen molar-refractivity contribution in [3.8, 4) is 34.0 Å². The maximum absolute atomic E-state index is 13.0. The maximum atomic E-state index is 13.0. The predicted molar refractivity (Wildman–Crippen MR) is 151 cm³/mol. The highest BCUT2D eigenvalue weighted by molar-refractivity contribution is 6.35. The molecule has 1 aliphatic rings. The molecule has 3 aromatic carbocycles. The largest absolute Gasteiger partial charge is 0.416 e. The lowest BCUT2D eigenvalue weighted by Crippen LogP contribution is -2.05. The van der Waals surface area contributed by atoms with Crippen LogP contribution in [-0.2, 0) is 25.4 Å². The number of aromatic nitrogens is 5. The highest BCUT2D eigenvalue weighted by Crippen LogP contribution is 2.41. The Morgan fingerprint density at radius 2 is 1.73 bits per heavy atom. The number of halogens is 6. The van der Waals surface area contributed by atoms with Crippen LogP contribution in [0.25, 0.3) is 34.0 Å². The molecule has 5 nitrogen and oxygen atoms in total. The molecule has 0 spiro atoms. The van der Waals surface area contributed by atoms with E-state index in [2.05, 4.69) is 22.4 Å². The van der Waals surface area contributed by atoms with Gasteiger partial charge in [-0.25, -0.2) is 9.36 Å². The molecular weight excluding hydrogens is 577 g/mol. The van der Waals surface area contributed by atoms with Gasteiger partial charge in [-0.15, -0.1) is 5.10 Å². The number of rotatable bonds is 6. The van der Waals surface area contributed by atoms with Crippen molar-refractivity contribution in [2.24, 2.45) is 0 Å². The van der Waals surface area contributed by atoms with Crippen molar-refractivity contribution in [2.75, 3.05) is 6.67 Å². The first-order valence-corrected chi connectivity index (χ1v) is 13.8. The smallest absolute Gasteiger partial charge is 0.251 e. The second-order valence-electron chi connectivity index (χ2n) is 9.91. The van der Waals surface area contributed by atoms with E-state index in [9.17, 15) is 17.6 Å². The maximum Gasteiger partial charge on any atom is 0.416 e. The number of hydrogen-bond donors (Lipinski definition) is 0. The molecule has 1 aliphatic carbocycles. The summed E-state index contributed by atoms with van der Waals surface area (Å²) in [5.41, 5.74) is 6.50. The van der Waals surface area contributed by atoms with Gasteiger partial charge in [-0.3, -0.25) is 4.39 Å². The summed E-state index contributed by atoms with van der Waals surface area (Å²) in [6, 6.07) is 16.2. The molecule has 0 saturated heterocycles. The highest BCUT2D eigenvalue weighted by atomic mass is 35.5. The van der Waals surface area contributed by atoms with Gasteiger partial charge in [-0.2, -0.15) is 18.3 Å². The summed E-state index contributed by atoms with van der Waals surface area (Å²) in [4.78, 5) is 0. The van der Waals surface area contributed by atoms with Crippen molar-refractivity contribution in [2.45, 2.75) is 38.3 Å². The SMILES string of the molecule is FCCCc1ccc2c(c1)CCCc1c(-c3cn(-c4ccc(C(F)(F)F)cc4)nn3)nn(-c3ccc(Cl)cc3Cl)c1-2. The number of hydrogen-bond acceptors (Lipinski definition) is 3. The second-order valence-corrected chi connectivity index (χ2v) is 10.8. The summed E-state index contributed by atoms with van der Waals surface area (Å²) in [5, 5.41) is 14.4. The van der Waals surface area contributed by atoms with Crippen LogP contribution in [0.5, 0.6) is 0 Å². The van der Waals surface area contributed by atoms with Gasteiger partial charge in [0, 0.05) is 16.1 Å². The third-order valence-corrected chi connectivity index (χ3v) is 7.75. The molecule has 2 heterocycles. The first kappa shape index (κ1) is 27.5. The van der Waals surface area contributed by atoms with E-state index in [1.54, 1.807) is 29.1 Å². The van der Waals surface area contributed by atoms with Gasteiger partial charge in [-0.05, 0) is 85.7 Å². The Bertz CT molecular complexity index is 1720. The van der Waals surface area contributed by atoms with Gasteiger partial charge in [0.05, 0.1) is 40.5 Å². The van der Waals surface area contributed by atoms with E-state index in [-0.39, 0.29) is 6.67 Å². The molecule has 0 amide bonds. The van der Waals surface area contributed by atoms with E-state index in [4.69, 9.17) is 28.3 Å². The first-order valence-electron chi connectivity index (χ1n) is 13.1. The van der Waals surface area contributed by atoms with Crippen LogP contribution in [-0.4, -0.2) is 31.4 Å². The summed E-state index contributed by atoms with van der Waals surface area (Å²) in [6.45, 7) is -0.362. The lowest BCUT2D eigenvalue weighted by molar-refractivity contribution is -0.137. The van der Waals surface area contributed by atoms with Crippen LogP contribution >= 0.6 is 23.2 Å². The summed E-state index contributed by atoms with van der Waals surface area (Å²) in [7, 11) is 0. The molecule has 210 valence electrons. The molecule has 5 aromatic rings. The minimum Gasteiger partial charge on any atom is -0.251 e. The van der Waals surface area contributed by atoms with Crippen LogP contribution in [0.2, 0.25) is 10.0 Å². The third-order valence-electron chi connectivity index (χ3n) is 7.21. The van der Waals surface area contributed by atoms with E-state index < -0.39 is 11.7 Å². The Morgan fingerprint density at radius 1 is 0.927 bits per heavy atom. The molecule has 0 aliphatic heterocycles. The van der Waals surface area contributed by atoms with Crippen LogP contribution in [0.3, 0.4) is 0 Å². The van der Waals surface area contributed by atoms with E-state index in [0.717, 1.165) is 52.9 Å². The number of aryl methyl sites for hydroxylation is 2. The van der Waals surface area contributed by atoms with Crippen molar-refractivity contribution in [1.82, 2.24) is 24.8 Å². The molecular formula is C30H23Cl2F4N5. The van der Waals surface area contributed by atoms with E-state index >= 15 is 0 Å². The topological polar surface area (TPSA) is 48.5 Å². The Kier molecular flexibility index (Phi) is 7.34. The average Bonchev–Trinajstić information content (AvgIpc) is 3.52. The van der Waals surface area contributed by atoms with Crippen molar-refractivity contribution in [1.29, 1.82) is 0 Å². The van der Waals surface area contributed by atoms with Gasteiger partial charge in [0.1, 0.15) is 11.4 Å². The van der Waals surface area contributed by atoms with E-state index in [1.165, 1.54) is 16.8 Å². The highest BCUT2D eigenvalue weighted by Gasteiger charge is 2.30. The lowest BCUT2D eigenvalue weighted by atomic mass is 9.97. The van der Waals surface area contributed by atoms with Crippen molar-refractivity contribution >= 4 is 23.2 Å². The predicted octanol–water partition coefficient (Wildman–Crippen LogP) is 8.50. The quantitative estimate of drug-likeness (QED) is 0.184. The lowest BCUT2D eigenvalue weighted by Gasteiger charge is -2.14. The Morgan fingerprint density at radius 3 is 2.46 bits per heavy atom. The normalized spacial score (nSPS) is 13.1. The van der Waals surface area contributed by atoms with Gasteiger partial charge < -0.3 is 0 Å². The molecule has 11 heteroatoms. The average molecular weight is 600 g/mol. The third kappa shape index (κ3) is 5.36. The molecule has 6 rings (SSSR count). The number of benzene rings is 3. The Hall–Kier alpha value is -3.69. The van der Waals surface area contributed by atoms with Crippen LogP contribution in [0.4, 0.5) is 17.6 Å². The van der Waals surface area contributed by atoms with Gasteiger partial charge in [-0.1, -0.05) is 46.6 Å². The second kappa shape index (κ2) is 10.9. The van der Waals surface area contributed by atoms with Crippen molar-refractivity contribution in [3.63, 3.8) is 0 Å². The number of nitrogens with zero attached hydrogens (tertiary/aromatic N) is 5. The molecule has 0 saturated carbocycles. The zero-order valence-corrected chi connectivity index (χ0v) is 23.1. The van der Waals surface area contributed by atoms with Crippen LogP contribution in [0.1, 0.15) is 35.1 Å². The molecule has 0 fully saturated rings. The fourth-order valence-corrected chi connectivity index (χ4v) is 5.75. The van der Waals surface area contributed by atoms with Gasteiger partial charge in [0.25, 0.3) is 0 Å². The Labute approximate surface area is 243 Å². The molecule has 41 heavy (non-hydrogen) atoms. The zero-order chi connectivity index (χ0) is 28.7. The first-order chi connectivity index (χ1) is 19.7. The van der Waals surface area contributed by atoms with Gasteiger partial charge >= 0.3 is 6.18 Å². The minimum absolute atomic E-state index is 0.362. The fraction of sp³-hybridized carbons (Fsp3) is 0.233. The zero-order valence-electron chi connectivity index (χ0n) is 21.6. The summed E-state index contributed by atoms with van der Waals surface area (Å²) < 4.78 is 55.2. The van der Waals surface area contributed by atoms with Gasteiger partial charge in [0.15, 0.2) is 0 Å². The number of fused-ring (bicyclic) bond motifs is 3. The summed E-state index contributed by atoms with van der Waals surface area (Å²) in [6.07, 6.45) is 0.760. The van der Waals surface area contributed by atoms with Crippen LogP contribution in [0.15, 0.2) is 66.9 Å². The van der Waals surface area contributed by atoms with Crippen molar-refractivity contribution in [3.05, 3.63) is 99.2 Å². The number of alkyl halides is 4. The molecule has 2 aromatic heterocycles. The Balaban J connectivity index is 1.48. The van der Waals surface area contributed by atoms with Crippen LogP contribution < -0.4 is 0 Å². The minimum atomic E-state index is -4.43. The fourth-order valence-electron chi connectivity index (χ4n) is 5.27. The van der Waals surface area contributed by atoms with E-state index in [0.29, 0.717) is 52.1 Å². The van der Waals surface area contributed by atoms with E-state index in [1.807, 2.05) is 6.07 Å². The van der Waals surface area contributed by atoms with Gasteiger partial charge in [0.2, 0.25) is 0 Å². The van der Waals surface area contributed by atoms with Crippen molar-refractivity contribution < 1.29 is 17.6 Å².